The van der Waals surface area contributed by atoms with Crippen LogP contribution >= 0.6 is 0 Å². The number of aromatic amines is 2. The highest BCUT2D eigenvalue weighted by Gasteiger charge is 2.42. The molecule has 9 nitrogen and oxygen atoms in total. The minimum absolute atomic E-state index is 0.0402. The SMILES string of the molecule is O=C(C(c1c[nH]c2ccccc12)C(Nc1ccc2nccnc2c1)c1ccccc1)C(c1c[nH]c2ccccc12)C(Nc1ccc2nccnc2c1)c1ccccc1. The van der Waals surface area contributed by atoms with Crippen molar-refractivity contribution in [2.75, 3.05) is 10.6 Å². The quantitative estimate of drug-likeness (QED) is 0.0979. The zero-order chi connectivity index (χ0) is 38.8. The van der Waals surface area contributed by atoms with Gasteiger partial charge in [0.05, 0.1) is 46.0 Å². The Morgan fingerprint density at radius 3 is 1.29 bits per heavy atom. The van der Waals surface area contributed by atoms with Crippen molar-refractivity contribution in [2.24, 2.45) is 0 Å². The lowest BCUT2D eigenvalue weighted by molar-refractivity contribution is -0.122. The lowest BCUT2D eigenvalue weighted by Crippen LogP contribution is -2.34. The van der Waals surface area contributed by atoms with E-state index in [9.17, 15) is 0 Å². The van der Waals surface area contributed by atoms with Crippen LogP contribution in [0.4, 0.5) is 11.4 Å². The van der Waals surface area contributed by atoms with Gasteiger partial charge in [-0.25, -0.2) is 0 Å². The van der Waals surface area contributed by atoms with Gasteiger partial charge < -0.3 is 20.6 Å². The number of nitrogens with zero attached hydrogens (tertiary/aromatic N) is 4. The Kier molecular flexibility index (Phi) is 9.08. The van der Waals surface area contributed by atoms with Gasteiger partial charge in [0.15, 0.2) is 5.78 Å². The Morgan fingerprint density at radius 1 is 0.448 bits per heavy atom. The first kappa shape index (κ1) is 34.8. The largest absolute Gasteiger partial charge is 0.377 e. The van der Waals surface area contributed by atoms with Crippen LogP contribution in [0.15, 0.2) is 183 Å². The Hall–Kier alpha value is -7.65. The number of ketones is 1. The number of anilines is 2. The molecule has 10 aromatic rings. The van der Waals surface area contributed by atoms with Crippen molar-refractivity contribution in [1.29, 1.82) is 0 Å². The van der Waals surface area contributed by atoms with Crippen LogP contribution in [0.1, 0.15) is 46.2 Å². The molecule has 0 aliphatic heterocycles. The molecule has 0 aliphatic rings. The number of H-pyrrole nitrogens is 2. The average molecular weight is 755 g/mol. The number of Topliss-reactive ketones (excluding diaryl/α,β-unsaturated/α-hetero) is 1. The number of nitrogens with one attached hydrogen (secondary N) is 4. The second-order valence-corrected chi connectivity index (χ2v) is 14.5. The van der Waals surface area contributed by atoms with E-state index in [2.05, 4.69) is 89.1 Å². The molecule has 0 fully saturated rings. The highest BCUT2D eigenvalue weighted by molar-refractivity contribution is 6.01. The van der Waals surface area contributed by atoms with Crippen LogP contribution in [0.25, 0.3) is 43.9 Å². The van der Waals surface area contributed by atoms with Crippen molar-refractivity contribution >= 4 is 61.0 Å². The fraction of sp³-hybridized carbons (Fsp3) is 0.0816. The number of carbonyl (C=O) groups excluding carboxylic acids is 1. The summed E-state index contributed by atoms with van der Waals surface area (Å²) in [6, 6.07) is 47.9. The fourth-order valence-electron chi connectivity index (χ4n) is 8.39. The van der Waals surface area contributed by atoms with Gasteiger partial charge in [0.25, 0.3) is 0 Å². The fourth-order valence-corrected chi connectivity index (χ4v) is 8.39. The Balaban J connectivity index is 1.20. The van der Waals surface area contributed by atoms with E-state index in [1.807, 2.05) is 109 Å². The summed E-state index contributed by atoms with van der Waals surface area (Å²) in [6.45, 7) is 0. The highest BCUT2D eigenvalue weighted by Crippen LogP contribution is 2.47. The van der Waals surface area contributed by atoms with Crippen LogP contribution in [0.2, 0.25) is 0 Å². The van der Waals surface area contributed by atoms with Crippen LogP contribution < -0.4 is 10.6 Å². The Labute approximate surface area is 334 Å². The molecule has 10 rings (SSSR count). The zero-order valence-electron chi connectivity index (χ0n) is 31.3. The number of rotatable bonds is 12. The van der Waals surface area contributed by atoms with Crippen molar-refractivity contribution in [2.45, 2.75) is 23.9 Å². The van der Waals surface area contributed by atoms with Crippen molar-refractivity contribution in [3.05, 3.63) is 205 Å². The van der Waals surface area contributed by atoms with Gasteiger partial charge in [-0.3, -0.25) is 24.7 Å². The number of fused-ring (bicyclic) bond motifs is 4. The van der Waals surface area contributed by atoms with E-state index in [4.69, 9.17) is 0 Å². The van der Waals surface area contributed by atoms with E-state index >= 15 is 4.79 Å². The molecule has 0 saturated heterocycles. The molecular formula is C49H38N8O. The third-order valence-corrected chi connectivity index (χ3v) is 11.1. The molecular weight excluding hydrogens is 717 g/mol. The maximum absolute atomic E-state index is 16.6. The molecule has 9 heteroatoms. The predicted octanol–water partition coefficient (Wildman–Crippen LogP) is 10.7. The lowest BCUT2D eigenvalue weighted by Gasteiger charge is -2.35. The van der Waals surface area contributed by atoms with E-state index < -0.39 is 23.9 Å². The maximum atomic E-state index is 16.6. The number of aromatic nitrogens is 6. The topological polar surface area (TPSA) is 124 Å². The number of benzene rings is 6. The third kappa shape index (κ3) is 6.58. The Morgan fingerprint density at radius 2 is 0.845 bits per heavy atom. The van der Waals surface area contributed by atoms with Gasteiger partial charge >= 0.3 is 0 Å². The third-order valence-electron chi connectivity index (χ3n) is 11.1. The summed E-state index contributed by atoms with van der Waals surface area (Å²) in [6.07, 6.45) is 10.8. The monoisotopic (exact) mass is 754 g/mol. The second kappa shape index (κ2) is 15.1. The first-order valence-corrected chi connectivity index (χ1v) is 19.4. The van der Waals surface area contributed by atoms with Crippen LogP contribution in [0.5, 0.6) is 0 Å². The van der Waals surface area contributed by atoms with Gasteiger partial charge in [0, 0.05) is 70.4 Å². The van der Waals surface area contributed by atoms with Gasteiger partial charge in [-0.2, -0.15) is 0 Å². The maximum Gasteiger partial charge on any atom is 0.152 e. The van der Waals surface area contributed by atoms with Crippen LogP contribution in [0.3, 0.4) is 0 Å². The summed E-state index contributed by atoms with van der Waals surface area (Å²) >= 11 is 0. The van der Waals surface area contributed by atoms with Gasteiger partial charge in [-0.05, 0) is 70.8 Å². The molecule has 4 aromatic heterocycles. The molecule has 4 atom stereocenters. The van der Waals surface area contributed by atoms with Crippen molar-refractivity contribution < 1.29 is 4.79 Å². The van der Waals surface area contributed by atoms with Crippen LogP contribution in [-0.2, 0) is 4.79 Å². The molecule has 0 radical (unpaired) electrons. The van der Waals surface area contributed by atoms with E-state index in [0.717, 1.165) is 77.5 Å². The van der Waals surface area contributed by atoms with Crippen molar-refractivity contribution in [1.82, 2.24) is 29.9 Å². The molecule has 0 aliphatic carbocycles. The molecule has 4 unspecified atom stereocenters. The number of carbonyl (C=O) groups is 1. The zero-order valence-corrected chi connectivity index (χ0v) is 31.3. The minimum atomic E-state index is -0.690. The molecule has 6 aromatic carbocycles. The van der Waals surface area contributed by atoms with Crippen molar-refractivity contribution in [3.63, 3.8) is 0 Å². The smallest absolute Gasteiger partial charge is 0.152 e. The molecule has 4 heterocycles. The van der Waals surface area contributed by atoms with Crippen LogP contribution in [-0.4, -0.2) is 35.7 Å². The normalized spacial score (nSPS) is 13.7. The second-order valence-electron chi connectivity index (χ2n) is 14.5. The van der Waals surface area contributed by atoms with E-state index in [1.165, 1.54) is 0 Å². The van der Waals surface area contributed by atoms with E-state index in [0.29, 0.717) is 0 Å². The molecule has 0 spiro atoms. The molecule has 0 bridgehead atoms. The number of para-hydroxylation sites is 2. The minimum Gasteiger partial charge on any atom is -0.377 e. The van der Waals surface area contributed by atoms with Gasteiger partial charge in [0.2, 0.25) is 0 Å². The van der Waals surface area contributed by atoms with Gasteiger partial charge in [-0.1, -0.05) is 97.1 Å². The summed E-state index contributed by atoms with van der Waals surface area (Å²) < 4.78 is 0. The first-order chi connectivity index (χ1) is 28.7. The number of hydrogen-bond acceptors (Lipinski definition) is 7. The summed E-state index contributed by atoms with van der Waals surface area (Å²) in [5, 5.41) is 9.70. The molecule has 58 heavy (non-hydrogen) atoms. The first-order valence-electron chi connectivity index (χ1n) is 19.4. The molecule has 0 saturated carbocycles. The standard InChI is InChI=1S/C49H38N8O/c58-49(45(37-29-54-39-17-9-7-15-35(37)39)47(31-11-3-1-4-12-31)56-33-19-21-41-43(27-33)52-25-23-50-41)46(38-30-55-40-18-10-8-16-36(38)40)48(32-13-5-2-6-14-32)57-34-20-22-42-44(28-34)53-26-24-51-42/h1-30,45-48,54-57H. The Bertz CT molecular complexity index is 2830. The molecule has 4 N–H and O–H groups in total. The summed E-state index contributed by atoms with van der Waals surface area (Å²) in [7, 11) is 0. The summed E-state index contributed by atoms with van der Waals surface area (Å²) in [5.41, 5.74) is 10.5. The van der Waals surface area contributed by atoms with E-state index in [-0.39, 0.29) is 5.78 Å². The summed E-state index contributed by atoms with van der Waals surface area (Å²) in [4.78, 5) is 41.8. The summed E-state index contributed by atoms with van der Waals surface area (Å²) in [5.74, 6) is -1.34. The van der Waals surface area contributed by atoms with Gasteiger partial charge in [0.1, 0.15) is 0 Å². The van der Waals surface area contributed by atoms with Gasteiger partial charge in [-0.15, -0.1) is 0 Å². The molecule has 0 amide bonds. The lowest BCUT2D eigenvalue weighted by atomic mass is 9.73. The number of hydrogen-bond donors (Lipinski definition) is 4. The molecule has 280 valence electrons. The highest BCUT2D eigenvalue weighted by atomic mass is 16.1. The average Bonchev–Trinajstić information content (AvgIpc) is 3.91. The van der Waals surface area contributed by atoms with Crippen molar-refractivity contribution in [3.8, 4) is 0 Å². The van der Waals surface area contributed by atoms with Crippen LogP contribution in [0, 0.1) is 0 Å². The predicted molar refractivity (Wildman–Crippen MR) is 232 cm³/mol. The van der Waals surface area contributed by atoms with E-state index in [1.54, 1.807) is 24.8 Å².